The highest BCUT2D eigenvalue weighted by atomic mass is 16.6. The number of ether oxygens (including phenoxy) is 2. The number of hydrogen-bond acceptors (Lipinski definition) is 4. The molecule has 1 rings (SSSR count). The molecule has 0 aromatic heterocycles. The molecular weight excluding hydrogens is 242 g/mol. The largest absolute Gasteiger partial charge is 0.460 e. The maximum Gasteiger partial charge on any atom is 0.340 e. The van der Waals surface area contributed by atoms with Crippen molar-refractivity contribution in [3.8, 4) is 0 Å². The first-order valence-corrected chi connectivity index (χ1v) is 6.62. The van der Waals surface area contributed by atoms with Gasteiger partial charge < -0.3 is 15.2 Å². The molecule has 0 amide bonds. The Bertz CT molecular complexity index is 396. The van der Waals surface area contributed by atoms with Crippen LogP contribution >= 0.6 is 0 Å². The van der Waals surface area contributed by atoms with E-state index in [-0.39, 0.29) is 12.6 Å². The Morgan fingerprint density at radius 3 is 2.63 bits per heavy atom. The van der Waals surface area contributed by atoms with E-state index in [0.29, 0.717) is 30.4 Å². The predicted octanol–water partition coefficient (Wildman–Crippen LogP) is 2.80. The lowest BCUT2D eigenvalue weighted by atomic mass is 10.1. The Balaban J connectivity index is 2.32. The smallest absolute Gasteiger partial charge is 0.340 e. The monoisotopic (exact) mass is 265 g/mol. The van der Waals surface area contributed by atoms with E-state index in [1.807, 2.05) is 19.1 Å². The van der Waals surface area contributed by atoms with Gasteiger partial charge in [-0.15, -0.1) is 0 Å². The van der Waals surface area contributed by atoms with Gasteiger partial charge in [0.05, 0.1) is 12.2 Å². The van der Waals surface area contributed by atoms with Crippen LogP contribution in [0.25, 0.3) is 0 Å². The molecule has 0 atom stereocenters. The lowest BCUT2D eigenvalue weighted by Crippen LogP contribution is -2.14. The molecule has 4 heteroatoms. The van der Waals surface area contributed by atoms with E-state index >= 15 is 0 Å². The third kappa shape index (κ3) is 5.30. The molecule has 106 valence electrons. The number of esters is 1. The van der Waals surface area contributed by atoms with Gasteiger partial charge in [0.15, 0.2) is 0 Å². The highest BCUT2D eigenvalue weighted by Crippen LogP contribution is 2.17. The first kappa shape index (κ1) is 15.5. The molecule has 1 aromatic rings. The fourth-order valence-electron chi connectivity index (χ4n) is 1.66. The fraction of sp³-hybridized carbons (Fsp3) is 0.533. The molecule has 2 N–H and O–H groups in total. The Labute approximate surface area is 114 Å². The molecule has 0 saturated heterocycles. The van der Waals surface area contributed by atoms with E-state index in [9.17, 15) is 4.79 Å². The van der Waals surface area contributed by atoms with Crippen LogP contribution in [0.5, 0.6) is 0 Å². The summed E-state index contributed by atoms with van der Waals surface area (Å²) in [6.45, 7) is 7.50. The second-order valence-corrected chi connectivity index (χ2v) is 4.97. The molecule has 0 aliphatic heterocycles. The average Bonchev–Trinajstić information content (AvgIpc) is 2.33. The first-order valence-electron chi connectivity index (χ1n) is 6.62. The van der Waals surface area contributed by atoms with Gasteiger partial charge >= 0.3 is 5.97 Å². The van der Waals surface area contributed by atoms with Crippen LogP contribution in [0.1, 0.15) is 36.2 Å². The molecule has 0 spiro atoms. The van der Waals surface area contributed by atoms with Crippen LogP contribution in [0.4, 0.5) is 5.69 Å². The Morgan fingerprint density at radius 2 is 2.00 bits per heavy atom. The second-order valence-electron chi connectivity index (χ2n) is 4.97. The maximum atomic E-state index is 11.9. The molecule has 1 aromatic carbocycles. The molecule has 0 aliphatic rings. The highest BCUT2D eigenvalue weighted by molar-refractivity contribution is 5.96. The van der Waals surface area contributed by atoms with Crippen LogP contribution in [-0.4, -0.2) is 25.8 Å². The zero-order chi connectivity index (χ0) is 14.3. The van der Waals surface area contributed by atoms with Gasteiger partial charge in [0, 0.05) is 12.3 Å². The van der Waals surface area contributed by atoms with Crippen molar-refractivity contribution >= 4 is 11.7 Å². The molecule has 0 aliphatic carbocycles. The fourth-order valence-corrected chi connectivity index (χ4v) is 1.66. The summed E-state index contributed by atoms with van der Waals surface area (Å²) in [4.78, 5) is 11.9. The summed E-state index contributed by atoms with van der Waals surface area (Å²) in [6.07, 6.45) is 1.01. The topological polar surface area (TPSA) is 61.6 Å². The molecule has 0 radical (unpaired) electrons. The summed E-state index contributed by atoms with van der Waals surface area (Å²) >= 11 is 0. The molecule has 0 saturated carbocycles. The van der Waals surface area contributed by atoms with Crippen molar-refractivity contribution in [3.05, 3.63) is 29.3 Å². The number of benzene rings is 1. The third-order valence-electron chi connectivity index (χ3n) is 2.81. The van der Waals surface area contributed by atoms with E-state index in [2.05, 4.69) is 13.8 Å². The van der Waals surface area contributed by atoms with E-state index in [1.165, 1.54) is 0 Å². The van der Waals surface area contributed by atoms with Crippen LogP contribution in [0.15, 0.2) is 18.2 Å². The van der Waals surface area contributed by atoms with Gasteiger partial charge in [-0.2, -0.15) is 0 Å². The molecule has 0 heterocycles. The van der Waals surface area contributed by atoms with Crippen LogP contribution in [0.2, 0.25) is 0 Å². The average molecular weight is 265 g/mol. The minimum absolute atomic E-state index is 0.255. The summed E-state index contributed by atoms with van der Waals surface area (Å²) in [7, 11) is 0. The molecular formula is C15H23NO3. The minimum atomic E-state index is -0.386. The quantitative estimate of drug-likeness (QED) is 0.468. The highest BCUT2D eigenvalue weighted by Gasteiger charge is 2.13. The van der Waals surface area contributed by atoms with Gasteiger partial charge in [-0.05, 0) is 30.9 Å². The number of rotatable bonds is 7. The van der Waals surface area contributed by atoms with Crippen molar-refractivity contribution < 1.29 is 14.3 Å². The minimum Gasteiger partial charge on any atom is -0.460 e. The van der Waals surface area contributed by atoms with Crippen molar-refractivity contribution in [2.75, 3.05) is 25.6 Å². The summed E-state index contributed by atoms with van der Waals surface area (Å²) in [5, 5.41) is 0. The number of carbonyl (C=O) groups excluding carboxylic acids is 1. The lowest BCUT2D eigenvalue weighted by Gasteiger charge is -2.10. The number of aryl methyl sites for hydroxylation is 1. The van der Waals surface area contributed by atoms with E-state index in [1.54, 1.807) is 6.07 Å². The summed E-state index contributed by atoms with van der Waals surface area (Å²) < 4.78 is 10.5. The van der Waals surface area contributed by atoms with Crippen molar-refractivity contribution in [3.63, 3.8) is 0 Å². The maximum absolute atomic E-state index is 11.9. The summed E-state index contributed by atoms with van der Waals surface area (Å²) in [5.74, 6) is 0.234. The van der Waals surface area contributed by atoms with Crippen LogP contribution in [0.3, 0.4) is 0 Å². The standard InChI is InChI=1S/C15H23NO3/c1-11(2)7-8-18-9-10-19-15(17)14-12(3)5-4-6-13(14)16/h4-6,11H,7-10,16H2,1-3H3. The zero-order valence-corrected chi connectivity index (χ0v) is 11.9. The van der Waals surface area contributed by atoms with Gasteiger partial charge in [-0.3, -0.25) is 0 Å². The summed E-state index contributed by atoms with van der Waals surface area (Å²) in [5.41, 5.74) is 7.50. The van der Waals surface area contributed by atoms with Gasteiger partial charge in [0.1, 0.15) is 6.61 Å². The Hall–Kier alpha value is -1.55. The normalized spacial score (nSPS) is 10.7. The second kappa shape index (κ2) is 7.79. The zero-order valence-electron chi connectivity index (χ0n) is 11.9. The Morgan fingerprint density at radius 1 is 1.26 bits per heavy atom. The van der Waals surface area contributed by atoms with Gasteiger partial charge in [-0.1, -0.05) is 26.0 Å². The SMILES string of the molecule is Cc1cccc(N)c1C(=O)OCCOCCC(C)C. The van der Waals surface area contributed by atoms with Crippen molar-refractivity contribution in [1.29, 1.82) is 0 Å². The molecule has 0 bridgehead atoms. The Kier molecular flexibility index (Phi) is 6.36. The molecule has 19 heavy (non-hydrogen) atoms. The van der Waals surface area contributed by atoms with Crippen molar-refractivity contribution in [2.45, 2.75) is 27.2 Å². The number of carbonyl (C=O) groups is 1. The number of hydrogen-bond donors (Lipinski definition) is 1. The summed E-state index contributed by atoms with van der Waals surface area (Å²) in [6, 6.07) is 5.35. The van der Waals surface area contributed by atoms with E-state index in [4.69, 9.17) is 15.2 Å². The molecule has 0 fully saturated rings. The van der Waals surface area contributed by atoms with E-state index < -0.39 is 0 Å². The van der Waals surface area contributed by atoms with Crippen LogP contribution in [-0.2, 0) is 9.47 Å². The number of nitrogen functional groups attached to an aromatic ring is 1. The van der Waals surface area contributed by atoms with Gasteiger partial charge in [-0.25, -0.2) is 4.79 Å². The lowest BCUT2D eigenvalue weighted by molar-refractivity contribution is 0.0303. The van der Waals surface area contributed by atoms with Crippen LogP contribution < -0.4 is 5.73 Å². The van der Waals surface area contributed by atoms with Crippen LogP contribution in [0, 0.1) is 12.8 Å². The van der Waals surface area contributed by atoms with Gasteiger partial charge in [0.2, 0.25) is 0 Å². The third-order valence-corrected chi connectivity index (χ3v) is 2.81. The predicted molar refractivity (Wildman–Crippen MR) is 76.1 cm³/mol. The van der Waals surface area contributed by atoms with Crippen molar-refractivity contribution in [2.24, 2.45) is 5.92 Å². The molecule has 0 unspecified atom stereocenters. The van der Waals surface area contributed by atoms with Crippen molar-refractivity contribution in [1.82, 2.24) is 0 Å². The first-order chi connectivity index (χ1) is 9.02. The van der Waals surface area contributed by atoms with E-state index in [0.717, 1.165) is 12.0 Å². The van der Waals surface area contributed by atoms with Gasteiger partial charge in [0.25, 0.3) is 0 Å². The molecule has 4 nitrogen and oxygen atoms in total. The number of anilines is 1. The number of nitrogens with two attached hydrogens (primary N) is 1.